The van der Waals surface area contributed by atoms with E-state index in [1.807, 2.05) is 24.3 Å². The van der Waals surface area contributed by atoms with Crippen LogP contribution in [0, 0.1) is 0 Å². The Labute approximate surface area is 141 Å². The second-order valence-corrected chi connectivity index (χ2v) is 6.43. The second kappa shape index (κ2) is 7.62. The lowest BCUT2D eigenvalue weighted by molar-refractivity contribution is -0.131. The van der Waals surface area contributed by atoms with Crippen LogP contribution in [-0.4, -0.2) is 41.7 Å². The molecule has 1 aromatic heterocycles. The van der Waals surface area contributed by atoms with Crippen LogP contribution in [0.2, 0.25) is 0 Å². The number of rotatable bonds is 5. The molecule has 1 fully saturated rings. The number of aromatic nitrogens is 1. The fourth-order valence-corrected chi connectivity index (χ4v) is 3.12. The first-order valence-corrected chi connectivity index (χ1v) is 8.59. The van der Waals surface area contributed by atoms with Crippen molar-refractivity contribution in [2.24, 2.45) is 0 Å². The lowest BCUT2D eigenvalue weighted by atomic mass is 10.1. The van der Waals surface area contributed by atoms with E-state index in [2.05, 4.69) is 0 Å². The van der Waals surface area contributed by atoms with Gasteiger partial charge in [0.25, 0.3) is 5.56 Å². The highest BCUT2D eigenvalue weighted by atomic mass is 16.5. The van der Waals surface area contributed by atoms with Crippen LogP contribution in [0.1, 0.15) is 25.7 Å². The molecule has 0 aliphatic carbocycles. The van der Waals surface area contributed by atoms with E-state index < -0.39 is 0 Å². The summed E-state index contributed by atoms with van der Waals surface area (Å²) < 4.78 is 7.18. The van der Waals surface area contributed by atoms with Gasteiger partial charge >= 0.3 is 0 Å². The predicted octanol–water partition coefficient (Wildman–Crippen LogP) is 2.42. The Balaban J connectivity index is 1.61. The fourth-order valence-electron chi connectivity index (χ4n) is 3.12. The minimum absolute atomic E-state index is 0.0526. The van der Waals surface area contributed by atoms with Gasteiger partial charge in [0, 0.05) is 31.8 Å². The Hall–Kier alpha value is -2.14. The maximum atomic E-state index is 12.5. The van der Waals surface area contributed by atoms with E-state index in [1.54, 1.807) is 24.2 Å². The van der Waals surface area contributed by atoms with Crippen molar-refractivity contribution in [1.82, 2.24) is 9.47 Å². The Morgan fingerprint density at radius 3 is 2.92 bits per heavy atom. The number of carbonyl (C=O) groups is 1. The van der Waals surface area contributed by atoms with Gasteiger partial charge in [-0.25, -0.2) is 0 Å². The number of hydrogen-bond acceptors (Lipinski definition) is 3. The molecule has 1 aliphatic heterocycles. The van der Waals surface area contributed by atoms with Crippen LogP contribution < -0.4 is 5.56 Å². The summed E-state index contributed by atoms with van der Waals surface area (Å²) in [5.74, 6) is -0.0526. The van der Waals surface area contributed by atoms with Crippen LogP contribution in [0.4, 0.5) is 0 Å². The SMILES string of the molecule is CN(CC[C@@H]1CCCCO1)C(=O)Cn1ccc2ccccc2c1=O. The summed E-state index contributed by atoms with van der Waals surface area (Å²) in [4.78, 5) is 26.6. The molecule has 1 atom stereocenters. The quantitative estimate of drug-likeness (QED) is 0.847. The first-order chi connectivity index (χ1) is 11.6. The molecule has 24 heavy (non-hydrogen) atoms. The average molecular weight is 328 g/mol. The summed E-state index contributed by atoms with van der Waals surface area (Å²) in [5, 5.41) is 1.54. The number of likely N-dealkylation sites (N-methyl/N-ethyl adjacent to an activating group) is 1. The molecule has 0 unspecified atom stereocenters. The molecular weight excluding hydrogens is 304 g/mol. The summed E-state index contributed by atoms with van der Waals surface area (Å²) in [7, 11) is 1.79. The summed E-state index contributed by atoms with van der Waals surface area (Å²) >= 11 is 0. The molecule has 1 aliphatic rings. The maximum absolute atomic E-state index is 12.5. The molecule has 2 heterocycles. The normalized spacial score (nSPS) is 17.8. The molecule has 1 amide bonds. The van der Waals surface area contributed by atoms with Crippen molar-refractivity contribution in [2.75, 3.05) is 20.2 Å². The highest BCUT2D eigenvalue weighted by Gasteiger charge is 2.17. The summed E-state index contributed by atoms with van der Waals surface area (Å²) in [6.07, 6.45) is 6.23. The molecule has 1 saturated heterocycles. The third kappa shape index (κ3) is 3.85. The van der Waals surface area contributed by atoms with Gasteiger partial charge in [0.2, 0.25) is 5.91 Å². The van der Waals surface area contributed by atoms with Crippen molar-refractivity contribution in [3.8, 4) is 0 Å². The van der Waals surface area contributed by atoms with Gasteiger partial charge in [-0.2, -0.15) is 0 Å². The molecule has 1 aromatic carbocycles. The zero-order valence-electron chi connectivity index (χ0n) is 14.1. The molecule has 0 N–H and O–H groups in total. The van der Waals surface area contributed by atoms with Gasteiger partial charge in [0.15, 0.2) is 0 Å². The summed E-state index contributed by atoms with van der Waals surface area (Å²) in [6.45, 7) is 1.56. The largest absolute Gasteiger partial charge is 0.378 e. The Morgan fingerprint density at radius 1 is 1.29 bits per heavy atom. The highest BCUT2D eigenvalue weighted by Crippen LogP contribution is 2.15. The van der Waals surface area contributed by atoms with Gasteiger partial charge in [-0.3, -0.25) is 9.59 Å². The highest BCUT2D eigenvalue weighted by molar-refractivity contribution is 5.82. The number of carbonyl (C=O) groups excluding carboxylic acids is 1. The second-order valence-electron chi connectivity index (χ2n) is 6.43. The predicted molar refractivity (Wildman–Crippen MR) is 94.1 cm³/mol. The van der Waals surface area contributed by atoms with E-state index >= 15 is 0 Å². The number of nitrogens with zero attached hydrogens (tertiary/aromatic N) is 2. The molecule has 5 heteroatoms. The minimum Gasteiger partial charge on any atom is -0.378 e. The van der Waals surface area contributed by atoms with E-state index in [9.17, 15) is 9.59 Å². The fraction of sp³-hybridized carbons (Fsp3) is 0.474. The monoisotopic (exact) mass is 328 g/mol. The van der Waals surface area contributed by atoms with Gasteiger partial charge in [0.1, 0.15) is 6.54 Å². The van der Waals surface area contributed by atoms with E-state index in [-0.39, 0.29) is 24.1 Å². The Kier molecular flexibility index (Phi) is 5.30. The van der Waals surface area contributed by atoms with Crippen molar-refractivity contribution < 1.29 is 9.53 Å². The number of benzene rings is 1. The topological polar surface area (TPSA) is 51.5 Å². The molecule has 0 radical (unpaired) electrons. The van der Waals surface area contributed by atoms with Crippen molar-refractivity contribution >= 4 is 16.7 Å². The number of amides is 1. The zero-order chi connectivity index (χ0) is 16.9. The van der Waals surface area contributed by atoms with Crippen molar-refractivity contribution in [1.29, 1.82) is 0 Å². The van der Waals surface area contributed by atoms with Crippen LogP contribution in [0.15, 0.2) is 41.3 Å². The first kappa shape index (κ1) is 16.7. The smallest absolute Gasteiger partial charge is 0.258 e. The lowest BCUT2D eigenvalue weighted by Gasteiger charge is -2.25. The maximum Gasteiger partial charge on any atom is 0.258 e. The van der Waals surface area contributed by atoms with Gasteiger partial charge in [0.05, 0.1) is 6.10 Å². The van der Waals surface area contributed by atoms with E-state index in [0.717, 1.165) is 31.3 Å². The van der Waals surface area contributed by atoms with Crippen LogP contribution >= 0.6 is 0 Å². The minimum atomic E-state index is -0.120. The van der Waals surface area contributed by atoms with Crippen LogP contribution in [0.25, 0.3) is 10.8 Å². The third-order valence-corrected chi connectivity index (χ3v) is 4.68. The van der Waals surface area contributed by atoms with Crippen LogP contribution in [-0.2, 0) is 16.1 Å². The van der Waals surface area contributed by atoms with Crippen molar-refractivity contribution in [3.63, 3.8) is 0 Å². The lowest BCUT2D eigenvalue weighted by Crippen LogP contribution is -2.36. The molecule has 5 nitrogen and oxygen atoms in total. The van der Waals surface area contributed by atoms with Crippen molar-refractivity contribution in [2.45, 2.75) is 38.3 Å². The molecule has 2 aromatic rings. The Bertz CT molecular complexity index is 763. The number of ether oxygens (including phenoxy) is 1. The molecular formula is C19H24N2O3. The summed E-state index contributed by atoms with van der Waals surface area (Å²) in [6, 6.07) is 9.31. The van der Waals surface area contributed by atoms with E-state index in [1.165, 1.54) is 11.0 Å². The number of hydrogen-bond donors (Lipinski definition) is 0. The van der Waals surface area contributed by atoms with Crippen molar-refractivity contribution in [3.05, 3.63) is 46.9 Å². The summed E-state index contributed by atoms with van der Waals surface area (Å²) in [5.41, 5.74) is -0.120. The molecule has 0 bridgehead atoms. The standard InChI is InChI=1S/C19H24N2O3/c1-20(11-10-16-7-4-5-13-24-16)18(22)14-21-12-9-15-6-2-3-8-17(15)19(21)23/h2-3,6,8-9,12,16H,4-5,7,10-11,13-14H2,1H3/t16-/m0/s1. The molecule has 128 valence electrons. The van der Waals surface area contributed by atoms with Gasteiger partial charge in [-0.05, 0) is 43.2 Å². The average Bonchev–Trinajstić information content (AvgIpc) is 2.63. The first-order valence-electron chi connectivity index (χ1n) is 8.59. The van der Waals surface area contributed by atoms with E-state index in [4.69, 9.17) is 4.74 Å². The van der Waals surface area contributed by atoms with Gasteiger partial charge < -0.3 is 14.2 Å². The van der Waals surface area contributed by atoms with Crippen LogP contribution in [0.3, 0.4) is 0 Å². The van der Waals surface area contributed by atoms with Gasteiger partial charge in [-0.1, -0.05) is 18.2 Å². The molecule has 3 rings (SSSR count). The van der Waals surface area contributed by atoms with Gasteiger partial charge in [-0.15, -0.1) is 0 Å². The zero-order valence-corrected chi connectivity index (χ0v) is 14.1. The van der Waals surface area contributed by atoms with E-state index in [0.29, 0.717) is 11.9 Å². The third-order valence-electron chi connectivity index (χ3n) is 4.68. The Morgan fingerprint density at radius 2 is 2.12 bits per heavy atom. The molecule has 0 saturated carbocycles. The molecule has 0 spiro atoms. The number of pyridine rings is 1. The number of fused-ring (bicyclic) bond motifs is 1. The van der Waals surface area contributed by atoms with Crippen LogP contribution in [0.5, 0.6) is 0 Å².